The maximum atomic E-state index is 13.3. The molecular formula is C13H14F2N4O. The molecule has 0 aliphatic rings. The van der Waals surface area contributed by atoms with E-state index in [1.165, 1.54) is 6.07 Å². The van der Waals surface area contributed by atoms with Gasteiger partial charge >= 0.3 is 6.01 Å². The van der Waals surface area contributed by atoms with Crippen LogP contribution in [0.2, 0.25) is 0 Å². The molecule has 0 saturated carbocycles. The van der Waals surface area contributed by atoms with Gasteiger partial charge < -0.3 is 10.1 Å². The van der Waals surface area contributed by atoms with Crippen LogP contribution in [0.3, 0.4) is 0 Å². The van der Waals surface area contributed by atoms with Crippen molar-refractivity contribution in [1.29, 1.82) is 0 Å². The largest absolute Gasteiger partial charge is 0.464 e. The molecule has 0 spiro atoms. The Labute approximate surface area is 115 Å². The van der Waals surface area contributed by atoms with Gasteiger partial charge in [-0.25, -0.2) is 8.78 Å². The van der Waals surface area contributed by atoms with Crippen molar-refractivity contribution in [3.63, 3.8) is 0 Å². The SMILES string of the molecule is CCNc1nc(OCC)nc(-c2ccc(F)c(F)c2)n1. The maximum Gasteiger partial charge on any atom is 0.321 e. The predicted molar refractivity (Wildman–Crippen MR) is 70.5 cm³/mol. The lowest BCUT2D eigenvalue weighted by Crippen LogP contribution is -2.07. The molecule has 0 fully saturated rings. The molecule has 0 aliphatic carbocycles. The number of halogens is 2. The molecule has 1 N–H and O–H groups in total. The zero-order valence-corrected chi connectivity index (χ0v) is 11.2. The second kappa shape index (κ2) is 6.23. The summed E-state index contributed by atoms with van der Waals surface area (Å²) in [5, 5.41) is 2.93. The number of hydrogen-bond acceptors (Lipinski definition) is 5. The van der Waals surface area contributed by atoms with E-state index in [9.17, 15) is 8.78 Å². The van der Waals surface area contributed by atoms with Crippen LogP contribution in [0.5, 0.6) is 6.01 Å². The van der Waals surface area contributed by atoms with E-state index in [2.05, 4.69) is 20.3 Å². The normalized spacial score (nSPS) is 10.4. The Balaban J connectivity index is 2.45. The molecule has 0 bridgehead atoms. The lowest BCUT2D eigenvalue weighted by atomic mass is 10.2. The fourth-order valence-corrected chi connectivity index (χ4v) is 1.55. The summed E-state index contributed by atoms with van der Waals surface area (Å²) in [6.07, 6.45) is 0. The third-order valence-corrected chi connectivity index (χ3v) is 2.40. The van der Waals surface area contributed by atoms with Gasteiger partial charge in [0.25, 0.3) is 0 Å². The third-order valence-electron chi connectivity index (χ3n) is 2.40. The first-order valence-electron chi connectivity index (χ1n) is 6.22. The van der Waals surface area contributed by atoms with E-state index in [0.29, 0.717) is 24.7 Å². The van der Waals surface area contributed by atoms with E-state index < -0.39 is 11.6 Å². The highest BCUT2D eigenvalue weighted by Gasteiger charge is 2.11. The van der Waals surface area contributed by atoms with Gasteiger partial charge in [-0.1, -0.05) is 0 Å². The van der Waals surface area contributed by atoms with Gasteiger partial charge in [-0.2, -0.15) is 15.0 Å². The molecule has 1 aromatic heterocycles. The van der Waals surface area contributed by atoms with Crippen LogP contribution in [0.25, 0.3) is 11.4 Å². The highest BCUT2D eigenvalue weighted by Crippen LogP contribution is 2.21. The first kappa shape index (κ1) is 14.1. The molecule has 0 unspecified atom stereocenters. The number of nitrogens with one attached hydrogen (secondary N) is 1. The lowest BCUT2D eigenvalue weighted by Gasteiger charge is -2.08. The zero-order valence-electron chi connectivity index (χ0n) is 11.2. The Morgan fingerprint density at radius 3 is 2.55 bits per heavy atom. The van der Waals surface area contributed by atoms with Crippen molar-refractivity contribution in [2.75, 3.05) is 18.5 Å². The van der Waals surface area contributed by atoms with Crippen LogP contribution in [0.4, 0.5) is 14.7 Å². The molecule has 20 heavy (non-hydrogen) atoms. The minimum atomic E-state index is -0.953. The summed E-state index contributed by atoms with van der Waals surface area (Å²) in [6, 6.07) is 3.61. The van der Waals surface area contributed by atoms with E-state index in [-0.39, 0.29) is 11.8 Å². The minimum Gasteiger partial charge on any atom is -0.464 e. The summed E-state index contributed by atoms with van der Waals surface area (Å²) in [4.78, 5) is 12.3. The number of hydrogen-bond donors (Lipinski definition) is 1. The minimum absolute atomic E-state index is 0.137. The molecule has 0 aliphatic heterocycles. The van der Waals surface area contributed by atoms with Gasteiger partial charge in [0.1, 0.15) is 0 Å². The maximum absolute atomic E-state index is 13.3. The van der Waals surface area contributed by atoms with E-state index in [0.717, 1.165) is 12.1 Å². The fraction of sp³-hybridized carbons (Fsp3) is 0.308. The number of rotatable bonds is 5. The lowest BCUT2D eigenvalue weighted by molar-refractivity contribution is 0.312. The summed E-state index contributed by atoms with van der Waals surface area (Å²) in [5.74, 6) is -1.32. The first-order chi connectivity index (χ1) is 9.63. The van der Waals surface area contributed by atoms with Crippen LogP contribution in [0.1, 0.15) is 13.8 Å². The Hall–Kier alpha value is -2.31. The summed E-state index contributed by atoms with van der Waals surface area (Å²) in [5.41, 5.74) is 0.353. The number of nitrogens with zero attached hydrogens (tertiary/aromatic N) is 3. The highest BCUT2D eigenvalue weighted by molar-refractivity contribution is 5.56. The second-order valence-electron chi connectivity index (χ2n) is 3.86. The van der Waals surface area contributed by atoms with Gasteiger partial charge in [-0.05, 0) is 32.0 Å². The number of aromatic nitrogens is 3. The standard InChI is InChI=1S/C13H14F2N4O/c1-3-16-12-17-11(18-13(19-12)20-4-2)8-5-6-9(14)10(15)7-8/h5-7H,3-4H2,1-2H3,(H,16,17,18,19). The number of benzene rings is 1. The van der Waals surface area contributed by atoms with Crippen molar-refractivity contribution in [3.05, 3.63) is 29.8 Å². The van der Waals surface area contributed by atoms with Gasteiger partial charge in [0.15, 0.2) is 17.5 Å². The molecule has 0 saturated heterocycles. The van der Waals surface area contributed by atoms with Crippen LogP contribution in [0, 0.1) is 11.6 Å². The third kappa shape index (κ3) is 3.17. The number of ether oxygens (including phenoxy) is 1. The fourth-order valence-electron chi connectivity index (χ4n) is 1.55. The van der Waals surface area contributed by atoms with Crippen LogP contribution < -0.4 is 10.1 Å². The Morgan fingerprint density at radius 2 is 1.90 bits per heavy atom. The van der Waals surface area contributed by atoms with Crippen molar-refractivity contribution in [2.24, 2.45) is 0 Å². The summed E-state index contributed by atoms with van der Waals surface area (Å²) in [7, 11) is 0. The molecule has 0 amide bonds. The van der Waals surface area contributed by atoms with Gasteiger partial charge in [-0.15, -0.1) is 0 Å². The smallest absolute Gasteiger partial charge is 0.321 e. The zero-order chi connectivity index (χ0) is 14.5. The van der Waals surface area contributed by atoms with Crippen molar-refractivity contribution in [2.45, 2.75) is 13.8 Å². The van der Waals surface area contributed by atoms with E-state index in [1.807, 2.05) is 6.92 Å². The summed E-state index contributed by atoms with van der Waals surface area (Å²) >= 11 is 0. The molecular weight excluding hydrogens is 266 g/mol. The molecule has 0 atom stereocenters. The van der Waals surface area contributed by atoms with E-state index in [4.69, 9.17) is 4.74 Å². The van der Waals surface area contributed by atoms with E-state index in [1.54, 1.807) is 6.92 Å². The van der Waals surface area contributed by atoms with Crippen LogP contribution in [-0.4, -0.2) is 28.1 Å². The van der Waals surface area contributed by atoms with E-state index >= 15 is 0 Å². The average molecular weight is 280 g/mol. The summed E-state index contributed by atoms with van der Waals surface area (Å²) in [6.45, 7) is 4.70. The molecule has 2 aromatic rings. The van der Waals surface area contributed by atoms with Gasteiger partial charge in [0, 0.05) is 12.1 Å². The van der Waals surface area contributed by atoms with Gasteiger partial charge in [-0.3, -0.25) is 0 Å². The monoisotopic (exact) mass is 280 g/mol. The van der Waals surface area contributed by atoms with Crippen LogP contribution in [0.15, 0.2) is 18.2 Å². The molecule has 106 valence electrons. The predicted octanol–water partition coefficient (Wildman–Crippen LogP) is 2.65. The Morgan fingerprint density at radius 1 is 1.10 bits per heavy atom. The topological polar surface area (TPSA) is 59.9 Å². The Bertz CT molecular complexity index is 583. The van der Waals surface area contributed by atoms with Gasteiger partial charge in [0.2, 0.25) is 5.95 Å². The molecule has 0 radical (unpaired) electrons. The van der Waals surface area contributed by atoms with Crippen molar-refractivity contribution >= 4 is 5.95 Å². The summed E-state index contributed by atoms with van der Waals surface area (Å²) < 4.78 is 31.5. The van der Waals surface area contributed by atoms with Crippen molar-refractivity contribution in [1.82, 2.24) is 15.0 Å². The molecule has 7 heteroatoms. The van der Waals surface area contributed by atoms with Crippen molar-refractivity contribution in [3.8, 4) is 17.4 Å². The molecule has 2 rings (SSSR count). The molecule has 1 aromatic carbocycles. The highest BCUT2D eigenvalue weighted by atomic mass is 19.2. The van der Waals surface area contributed by atoms with Crippen LogP contribution >= 0.6 is 0 Å². The average Bonchev–Trinajstić information content (AvgIpc) is 2.42. The van der Waals surface area contributed by atoms with Crippen molar-refractivity contribution < 1.29 is 13.5 Å². The first-order valence-corrected chi connectivity index (χ1v) is 6.22. The molecule has 1 heterocycles. The van der Waals surface area contributed by atoms with Crippen LogP contribution in [-0.2, 0) is 0 Å². The number of anilines is 1. The second-order valence-corrected chi connectivity index (χ2v) is 3.86. The molecule has 5 nitrogen and oxygen atoms in total. The van der Waals surface area contributed by atoms with Gasteiger partial charge in [0.05, 0.1) is 6.61 Å². The Kier molecular flexibility index (Phi) is 4.39. The quantitative estimate of drug-likeness (QED) is 0.912.